The average Bonchev–Trinajstić information content (AvgIpc) is 3.40. The van der Waals surface area contributed by atoms with Gasteiger partial charge in [0.25, 0.3) is 0 Å². The van der Waals surface area contributed by atoms with Gasteiger partial charge in [0, 0.05) is 32.4 Å². The van der Waals surface area contributed by atoms with Gasteiger partial charge in [0.05, 0.1) is 19.8 Å². The van der Waals surface area contributed by atoms with Crippen LogP contribution in [0.2, 0.25) is 0 Å². The van der Waals surface area contributed by atoms with Crippen LogP contribution in [0.25, 0.3) is 0 Å². The summed E-state index contributed by atoms with van der Waals surface area (Å²) in [4.78, 5) is 16.4. The minimum absolute atomic E-state index is 0. The molecular formula is C18H29Cl2N3O2. The number of amides is 1. The summed E-state index contributed by atoms with van der Waals surface area (Å²) in [6.45, 7) is 5.44. The molecule has 2 aliphatic rings. The van der Waals surface area contributed by atoms with E-state index < -0.39 is 0 Å². The van der Waals surface area contributed by atoms with E-state index in [-0.39, 0.29) is 30.7 Å². The maximum atomic E-state index is 12.3. The lowest BCUT2D eigenvalue weighted by molar-refractivity contribution is -0.129. The second-order valence-electron chi connectivity index (χ2n) is 6.55. The monoisotopic (exact) mass is 389 g/mol. The highest BCUT2D eigenvalue weighted by molar-refractivity contribution is 5.85. The van der Waals surface area contributed by atoms with Crippen molar-refractivity contribution in [2.75, 3.05) is 51.3 Å². The van der Waals surface area contributed by atoms with Gasteiger partial charge in [0.1, 0.15) is 0 Å². The summed E-state index contributed by atoms with van der Waals surface area (Å²) in [6.07, 6.45) is 2.62. The highest BCUT2D eigenvalue weighted by atomic mass is 35.5. The van der Waals surface area contributed by atoms with Gasteiger partial charge in [0.15, 0.2) is 0 Å². The van der Waals surface area contributed by atoms with Gasteiger partial charge in [-0.25, -0.2) is 0 Å². The minimum Gasteiger partial charge on any atom is -0.378 e. The molecule has 0 spiro atoms. The maximum absolute atomic E-state index is 12.3. The van der Waals surface area contributed by atoms with Crippen molar-refractivity contribution in [2.24, 2.45) is 5.92 Å². The smallest absolute Gasteiger partial charge is 0.236 e. The number of carbonyl (C=O) groups excluding carboxylic acids is 1. The normalized spacial score (nSPS) is 16.6. The molecule has 7 heteroatoms. The minimum atomic E-state index is 0. The predicted molar refractivity (Wildman–Crippen MR) is 106 cm³/mol. The van der Waals surface area contributed by atoms with Gasteiger partial charge in [-0.2, -0.15) is 0 Å². The molecular weight excluding hydrogens is 361 g/mol. The number of hydrogen-bond donors (Lipinski definition) is 1. The molecule has 2 fully saturated rings. The molecule has 1 aliphatic heterocycles. The third-order valence-electron chi connectivity index (χ3n) is 4.58. The van der Waals surface area contributed by atoms with Gasteiger partial charge in [-0.05, 0) is 36.9 Å². The van der Waals surface area contributed by atoms with Crippen molar-refractivity contribution in [1.82, 2.24) is 10.2 Å². The quantitative estimate of drug-likeness (QED) is 0.776. The molecule has 1 aliphatic carbocycles. The first-order valence-electron chi connectivity index (χ1n) is 8.59. The summed E-state index contributed by atoms with van der Waals surface area (Å²) in [5.74, 6) is 0.956. The van der Waals surface area contributed by atoms with E-state index in [4.69, 9.17) is 4.74 Å². The van der Waals surface area contributed by atoms with Crippen LogP contribution in [0.4, 0.5) is 5.69 Å². The van der Waals surface area contributed by atoms with Gasteiger partial charge in [-0.15, -0.1) is 24.8 Å². The van der Waals surface area contributed by atoms with E-state index in [1.165, 1.54) is 24.1 Å². The molecule has 1 aromatic rings. The van der Waals surface area contributed by atoms with Crippen molar-refractivity contribution in [2.45, 2.75) is 19.4 Å². The molecule has 1 saturated carbocycles. The fourth-order valence-electron chi connectivity index (χ4n) is 2.94. The Morgan fingerprint density at radius 1 is 1.24 bits per heavy atom. The number of rotatable bonds is 7. The number of nitrogens with zero attached hydrogens (tertiary/aromatic N) is 2. The number of nitrogens with one attached hydrogen (secondary N) is 1. The van der Waals surface area contributed by atoms with E-state index in [2.05, 4.69) is 28.4 Å². The summed E-state index contributed by atoms with van der Waals surface area (Å²) in [7, 11) is 1.89. The Morgan fingerprint density at radius 2 is 1.92 bits per heavy atom. The molecule has 1 N–H and O–H groups in total. The first-order chi connectivity index (χ1) is 11.2. The zero-order chi connectivity index (χ0) is 16.1. The zero-order valence-corrected chi connectivity index (χ0v) is 16.4. The molecule has 3 rings (SSSR count). The summed E-state index contributed by atoms with van der Waals surface area (Å²) in [6, 6.07) is 8.37. The van der Waals surface area contributed by atoms with E-state index in [1.54, 1.807) is 0 Å². The van der Waals surface area contributed by atoms with Crippen molar-refractivity contribution in [3.63, 3.8) is 0 Å². The number of para-hydroxylation sites is 1. The van der Waals surface area contributed by atoms with E-state index in [9.17, 15) is 4.79 Å². The molecule has 1 amide bonds. The number of likely N-dealkylation sites (N-methyl/N-ethyl adjacent to an activating group) is 1. The first-order valence-corrected chi connectivity index (χ1v) is 8.59. The van der Waals surface area contributed by atoms with Crippen molar-refractivity contribution < 1.29 is 9.53 Å². The number of anilines is 1. The van der Waals surface area contributed by atoms with Crippen LogP contribution in [-0.2, 0) is 16.1 Å². The van der Waals surface area contributed by atoms with E-state index in [0.717, 1.165) is 38.8 Å². The SMILES string of the molecule is CN(Cc1ccccc1N1CCOCC1)C(=O)CNCC1CC1.Cl.Cl. The topological polar surface area (TPSA) is 44.8 Å². The van der Waals surface area contributed by atoms with Gasteiger partial charge in [-0.1, -0.05) is 18.2 Å². The first kappa shape index (κ1) is 22.0. The van der Waals surface area contributed by atoms with Crippen LogP contribution < -0.4 is 10.2 Å². The third kappa shape index (κ3) is 6.66. The van der Waals surface area contributed by atoms with E-state index in [1.807, 2.05) is 18.0 Å². The molecule has 5 nitrogen and oxygen atoms in total. The lowest BCUT2D eigenvalue weighted by atomic mass is 10.1. The van der Waals surface area contributed by atoms with Crippen LogP contribution >= 0.6 is 24.8 Å². The van der Waals surface area contributed by atoms with Gasteiger partial charge < -0.3 is 19.9 Å². The molecule has 0 radical (unpaired) electrons. The molecule has 25 heavy (non-hydrogen) atoms. The Labute approximate surface area is 162 Å². The Hall–Kier alpha value is -1.01. The molecule has 0 aromatic heterocycles. The molecule has 0 bridgehead atoms. The number of hydrogen-bond acceptors (Lipinski definition) is 4. The fourth-order valence-corrected chi connectivity index (χ4v) is 2.94. The standard InChI is InChI=1S/C18H27N3O2.2ClH/c1-20(18(22)13-19-12-15-6-7-15)14-16-4-2-3-5-17(16)21-8-10-23-11-9-21;;/h2-5,15,19H,6-14H2,1H3;2*1H. The number of carbonyl (C=O) groups is 1. The van der Waals surface area contributed by atoms with Crippen molar-refractivity contribution >= 4 is 36.4 Å². The van der Waals surface area contributed by atoms with E-state index in [0.29, 0.717) is 13.1 Å². The lowest BCUT2D eigenvalue weighted by Gasteiger charge is -2.31. The van der Waals surface area contributed by atoms with Crippen LogP contribution in [0.1, 0.15) is 18.4 Å². The van der Waals surface area contributed by atoms with E-state index >= 15 is 0 Å². The number of ether oxygens (including phenoxy) is 1. The Morgan fingerprint density at radius 3 is 2.60 bits per heavy atom. The molecule has 1 saturated heterocycles. The van der Waals surface area contributed by atoms with Crippen LogP contribution in [0, 0.1) is 5.92 Å². The van der Waals surface area contributed by atoms with Gasteiger partial charge in [-0.3, -0.25) is 4.79 Å². The van der Waals surface area contributed by atoms with Crippen molar-refractivity contribution in [1.29, 1.82) is 0 Å². The Bertz CT molecular complexity index is 535. The van der Waals surface area contributed by atoms with Gasteiger partial charge >= 0.3 is 0 Å². The second-order valence-corrected chi connectivity index (χ2v) is 6.55. The van der Waals surface area contributed by atoms with Gasteiger partial charge in [0.2, 0.25) is 5.91 Å². The summed E-state index contributed by atoms with van der Waals surface area (Å²) in [5.41, 5.74) is 2.42. The molecule has 142 valence electrons. The molecule has 0 unspecified atom stereocenters. The van der Waals surface area contributed by atoms with Crippen molar-refractivity contribution in [3.8, 4) is 0 Å². The molecule has 0 atom stereocenters. The Kier molecular flexibility index (Phi) is 9.57. The Balaban J connectivity index is 0.00000156. The summed E-state index contributed by atoms with van der Waals surface area (Å²) in [5, 5.41) is 3.27. The number of morpholine rings is 1. The second kappa shape index (κ2) is 10.9. The highest BCUT2D eigenvalue weighted by Gasteiger charge is 2.21. The summed E-state index contributed by atoms with van der Waals surface area (Å²) < 4.78 is 5.43. The zero-order valence-electron chi connectivity index (χ0n) is 14.8. The average molecular weight is 390 g/mol. The number of benzene rings is 1. The predicted octanol–water partition coefficient (Wildman–Crippen LogP) is 2.32. The molecule has 1 aromatic carbocycles. The van der Waals surface area contributed by atoms with Crippen LogP contribution in [0.3, 0.4) is 0 Å². The summed E-state index contributed by atoms with van der Waals surface area (Å²) >= 11 is 0. The van der Waals surface area contributed by atoms with Crippen LogP contribution in [-0.4, -0.2) is 57.2 Å². The highest BCUT2D eigenvalue weighted by Crippen LogP contribution is 2.27. The molecule has 1 heterocycles. The third-order valence-corrected chi connectivity index (χ3v) is 4.58. The lowest BCUT2D eigenvalue weighted by Crippen LogP contribution is -2.38. The van der Waals surface area contributed by atoms with Crippen molar-refractivity contribution in [3.05, 3.63) is 29.8 Å². The van der Waals surface area contributed by atoms with Crippen LogP contribution in [0.5, 0.6) is 0 Å². The van der Waals surface area contributed by atoms with Crippen LogP contribution in [0.15, 0.2) is 24.3 Å². The largest absolute Gasteiger partial charge is 0.378 e. The fraction of sp³-hybridized carbons (Fsp3) is 0.611. The maximum Gasteiger partial charge on any atom is 0.236 e. The number of halogens is 2.